The van der Waals surface area contributed by atoms with E-state index in [1.165, 1.54) is 18.2 Å². The molecule has 0 atom stereocenters. The van der Waals surface area contributed by atoms with Gasteiger partial charge in [0.25, 0.3) is 5.91 Å². The number of amides is 1. The third-order valence-electron chi connectivity index (χ3n) is 4.50. The molecule has 0 saturated carbocycles. The Kier molecular flexibility index (Phi) is 5.75. The molecule has 4 rings (SSSR count). The maximum Gasteiger partial charge on any atom is 0.273 e. The molecular formula is C24H17FN4O2. The van der Waals surface area contributed by atoms with Crippen molar-refractivity contribution in [2.24, 2.45) is 0 Å². The molecule has 0 aliphatic carbocycles. The Bertz CT molecular complexity index is 1250. The minimum atomic E-state index is -0.376. The van der Waals surface area contributed by atoms with Crippen LogP contribution in [0.1, 0.15) is 26.4 Å². The van der Waals surface area contributed by atoms with Crippen LogP contribution in [-0.4, -0.2) is 26.9 Å². The number of hydrogen-bond donors (Lipinski definition) is 2. The molecule has 1 amide bonds. The van der Waals surface area contributed by atoms with E-state index in [1.54, 1.807) is 73.1 Å². The Balaban J connectivity index is 1.44. The smallest absolute Gasteiger partial charge is 0.273 e. The molecule has 31 heavy (non-hydrogen) atoms. The van der Waals surface area contributed by atoms with Gasteiger partial charge in [0.05, 0.1) is 5.69 Å². The van der Waals surface area contributed by atoms with Gasteiger partial charge in [0, 0.05) is 29.2 Å². The number of allylic oxidation sites excluding steroid dienone is 1. The molecule has 0 fully saturated rings. The highest BCUT2D eigenvalue weighted by Crippen LogP contribution is 2.18. The number of carbonyl (C=O) groups is 2. The summed E-state index contributed by atoms with van der Waals surface area (Å²) in [5, 5.41) is 9.63. The van der Waals surface area contributed by atoms with Crippen LogP contribution in [0.4, 0.5) is 10.1 Å². The van der Waals surface area contributed by atoms with Gasteiger partial charge >= 0.3 is 0 Å². The average Bonchev–Trinajstić information content (AvgIpc) is 3.30. The number of rotatable bonds is 6. The fourth-order valence-electron chi connectivity index (χ4n) is 2.90. The SMILES string of the molecule is O=C(/C=C/c1ccc(F)cc1)c1cccc(NC(=O)c2cc(-c3ccncc3)n[nH]2)c1. The largest absolute Gasteiger partial charge is 0.321 e. The second-order valence-corrected chi connectivity index (χ2v) is 6.69. The van der Waals surface area contributed by atoms with Crippen molar-refractivity contribution >= 4 is 23.5 Å². The predicted octanol–water partition coefficient (Wildman–Crippen LogP) is 4.76. The van der Waals surface area contributed by atoms with E-state index in [9.17, 15) is 14.0 Å². The van der Waals surface area contributed by atoms with Gasteiger partial charge in [0.15, 0.2) is 5.78 Å². The van der Waals surface area contributed by atoms with Gasteiger partial charge in [-0.3, -0.25) is 19.7 Å². The van der Waals surface area contributed by atoms with Gasteiger partial charge in [-0.05, 0) is 54.1 Å². The van der Waals surface area contributed by atoms with E-state index in [4.69, 9.17) is 0 Å². The number of hydrogen-bond acceptors (Lipinski definition) is 4. The Morgan fingerprint density at radius 1 is 0.968 bits per heavy atom. The highest BCUT2D eigenvalue weighted by atomic mass is 19.1. The first-order chi connectivity index (χ1) is 15.1. The highest BCUT2D eigenvalue weighted by molar-refractivity contribution is 6.08. The first-order valence-corrected chi connectivity index (χ1v) is 9.44. The molecule has 0 radical (unpaired) electrons. The lowest BCUT2D eigenvalue weighted by Crippen LogP contribution is -2.12. The molecule has 0 aliphatic heterocycles. The monoisotopic (exact) mass is 412 g/mol. The summed E-state index contributed by atoms with van der Waals surface area (Å²) in [7, 11) is 0. The fourth-order valence-corrected chi connectivity index (χ4v) is 2.90. The predicted molar refractivity (Wildman–Crippen MR) is 116 cm³/mol. The number of anilines is 1. The Morgan fingerprint density at radius 3 is 2.52 bits per heavy atom. The second kappa shape index (κ2) is 8.96. The van der Waals surface area contributed by atoms with Crippen molar-refractivity contribution in [1.29, 1.82) is 0 Å². The van der Waals surface area contributed by atoms with E-state index >= 15 is 0 Å². The van der Waals surface area contributed by atoms with E-state index in [2.05, 4.69) is 20.5 Å². The molecule has 0 aliphatic rings. The Labute approximate surface area is 177 Å². The molecule has 2 N–H and O–H groups in total. The van der Waals surface area contributed by atoms with E-state index in [0.29, 0.717) is 28.2 Å². The van der Waals surface area contributed by atoms with Crippen molar-refractivity contribution in [2.45, 2.75) is 0 Å². The summed E-state index contributed by atoms with van der Waals surface area (Å²) in [5.74, 6) is -0.946. The molecular weight excluding hydrogens is 395 g/mol. The van der Waals surface area contributed by atoms with E-state index in [0.717, 1.165) is 5.56 Å². The van der Waals surface area contributed by atoms with Crippen LogP contribution in [0, 0.1) is 5.82 Å². The fraction of sp³-hybridized carbons (Fsp3) is 0. The van der Waals surface area contributed by atoms with Gasteiger partial charge in [-0.2, -0.15) is 5.10 Å². The third kappa shape index (κ3) is 4.97. The zero-order valence-electron chi connectivity index (χ0n) is 16.2. The van der Waals surface area contributed by atoms with Crippen molar-refractivity contribution in [3.63, 3.8) is 0 Å². The number of nitrogens with zero attached hydrogens (tertiary/aromatic N) is 2. The number of benzene rings is 2. The minimum absolute atomic E-state index is 0.234. The molecule has 2 aromatic heterocycles. The summed E-state index contributed by atoms with van der Waals surface area (Å²) >= 11 is 0. The van der Waals surface area contributed by atoms with Crippen LogP contribution >= 0.6 is 0 Å². The van der Waals surface area contributed by atoms with Gasteiger partial charge in [-0.15, -0.1) is 0 Å². The minimum Gasteiger partial charge on any atom is -0.321 e. The Hall–Kier alpha value is -4.39. The first kappa shape index (κ1) is 19.9. The van der Waals surface area contributed by atoms with E-state index < -0.39 is 0 Å². The lowest BCUT2D eigenvalue weighted by molar-refractivity contribution is 0.101. The molecule has 0 unspecified atom stereocenters. The zero-order chi connectivity index (χ0) is 21.6. The summed E-state index contributed by atoms with van der Waals surface area (Å²) < 4.78 is 13.0. The van der Waals surface area contributed by atoms with Crippen molar-refractivity contribution in [1.82, 2.24) is 15.2 Å². The van der Waals surface area contributed by atoms with Crippen LogP contribution in [0.3, 0.4) is 0 Å². The van der Waals surface area contributed by atoms with Crippen molar-refractivity contribution < 1.29 is 14.0 Å². The van der Waals surface area contributed by atoms with Crippen LogP contribution in [0.2, 0.25) is 0 Å². The van der Waals surface area contributed by atoms with Gasteiger partial charge < -0.3 is 5.32 Å². The van der Waals surface area contributed by atoms with Crippen molar-refractivity contribution in [2.75, 3.05) is 5.32 Å². The van der Waals surface area contributed by atoms with Crippen LogP contribution in [0.25, 0.3) is 17.3 Å². The number of pyridine rings is 1. The molecule has 4 aromatic rings. The molecule has 0 saturated heterocycles. The third-order valence-corrected chi connectivity index (χ3v) is 4.50. The molecule has 2 aromatic carbocycles. The summed E-state index contributed by atoms with van der Waals surface area (Å²) in [6, 6.07) is 17.7. The number of H-pyrrole nitrogens is 1. The summed E-state index contributed by atoms with van der Waals surface area (Å²) in [6.07, 6.45) is 6.32. The number of nitrogens with one attached hydrogen (secondary N) is 2. The highest BCUT2D eigenvalue weighted by Gasteiger charge is 2.12. The molecule has 0 bridgehead atoms. The summed E-state index contributed by atoms with van der Waals surface area (Å²) in [5.41, 5.74) is 3.36. The molecule has 152 valence electrons. The normalized spacial score (nSPS) is 10.9. The number of aromatic nitrogens is 3. The molecule has 7 heteroatoms. The van der Waals surface area contributed by atoms with Gasteiger partial charge in [0.2, 0.25) is 0 Å². The number of halogens is 1. The summed E-state index contributed by atoms with van der Waals surface area (Å²) in [6.45, 7) is 0. The van der Waals surface area contributed by atoms with Crippen LogP contribution in [0.15, 0.2) is 85.2 Å². The van der Waals surface area contributed by atoms with Gasteiger partial charge in [-0.25, -0.2) is 4.39 Å². The van der Waals surface area contributed by atoms with Gasteiger partial charge in [-0.1, -0.05) is 30.3 Å². The maximum atomic E-state index is 13.0. The van der Waals surface area contributed by atoms with Crippen LogP contribution < -0.4 is 5.32 Å². The topological polar surface area (TPSA) is 87.7 Å². The number of aromatic amines is 1. The van der Waals surface area contributed by atoms with Gasteiger partial charge in [0.1, 0.15) is 11.5 Å². The van der Waals surface area contributed by atoms with E-state index in [1.807, 2.05) is 0 Å². The molecule has 6 nitrogen and oxygen atoms in total. The number of ketones is 1. The van der Waals surface area contributed by atoms with E-state index in [-0.39, 0.29) is 17.5 Å². The van der Waals surface area contributed by atoms with Crippen LogP contribution in [0.5, 0.6) is 0 Å². The standard InChI is InChI=1S/C24H17FN4O2/c25-19-7-4-16(5-8-19)6-9-23(30)18-2-1-3-20(14-18)27-24(31)22-15-21(28-29-22)17-10-12-26-13-11-17/h1-15H,(H,27,31)(H,28,29)/b9-6+. The first-order valence-electron chi connectivity index (χ1n) is 9.44. The molecule has 2 heterocycles. The van der Waals surface area contributed by atoms with Crippen molar-refractivity contribution in [3.8, 4) is 11.3 Å². The lowest BCUT2D eigenvalue weighted by Gasteiger charge is -2.05. The Morgan fingerprint density at radius 2 is 1.74 bits per heavy atom. The zero-order valence-corrected chi connectivity index (χ0v) is 16.2. The average molecular weight is 412 g/mol. The van der Waals surface area contributed by atoms with Crippen LogP contribution in [-0.2, 0) is 0 Å². The second-order valence-electron chi connectivity index (χ2n) is 6.69. The van der Waals surface area contributed by atoms with Crippen molar-refractivity contribution in [3.05, 3.63) is 108 Å². The molecule has 0 spiro atoms. The lowest BCUT2D eigenvalue weighted by atomic mass is 10.1. The quantitative estimate of drug-likeness (QED) is 0.353. The summed E-state index contributed by atoms with van der Waals surface area (Å²) in [4.78, 5) is 29.0. The number of carbonyl (C=O) groups excluding carboxylic acids is 2. The maximum absolute atomic E-state index is 13.0.